The molecular formula is C23H22F3N5O2S2. The van der Waals surface area contributed by atoms with Crippen LogP contribution in [0.4, 0.5) is 30.4 Å². The third kappa shape index (κ3) is 7.06. The van der Waals surface area contributed by atoms with Crippen molar-refractivity contribution in [3.05, 3.63) is 90.4 Å². The number of thioether (sulfide) groups is 1. The van der Waals surface area contributed by atoms with E-state index in [2.05, 4.69) is 19.3 Å². The van der Waals surface area contributed by atoms with Crippen LogP contribution in [0.2, 0.25) is 0 Å². The monoisotopic (exact) mass is 521 g/mol. The molecule has 0 fully saturated rings. The number of para-hydroxylation sites is 1. The first-order valence-electron chi connectivity index (χ1n) is 10.4. The highest BCUT2D eigenvalue weighted by Gasteiger charge is 2.29. The third-order valence-electron chi connectivity index (χ3n) is 5.03. The Labute approximate surface area is 205 Å². The van der Waals surface area contributed by atoms with Crippen LogP contribution >= 0.6 is 11.8 Å². The molecule has 2 N–H and O–H groups in total. The van der Waals surface area contributed by atoms with Gasteiger partial charge in [0, 0.05) is 35.2 Å². The molecule has 0 radical (unpaired) electrons. The van der Waals surface area contributed by atoms with Crippen LogP contribution in [0.5, 0.6) is 0 Å². The Morgan fingerprint density at radius 3 is 2.43 bits per heavy atom. The highest BCUT2D eigenvalue weighted by atomic mass is 32.2. The first-order valence-corrected chi connectivity index (χ1v) is 12.7. The number of hydrogen-bond donors (Lipinski definition) is 2. The average molecular weight is 522 g/mol. The number of halogens is 3. The lowest BCUT2D eigenvalue weighted by molar-refractivity contribution is -0.0328. The molecule has 0 atom stereocenters. The highest BCUT2D eigenvalue weighted by Crippen LogP contribution is 2.37. The van der Waals surface area contributed by atoms with Gasteiger partial charge in [0.25, 0.3) is 0 Å². The number of hydrogen-bond acceptors (Lipinski definition) is 6. The Kier molecular flexibility index (Phi) is 7.13. The Balaban J connectivity index is 1.38. The van der Waals surface area contributed by atoms with Crippen LogP contribution in [0.3, 0.4) is 0 Å². The summed E-state index contributed by atoms with van der Waals surface area (Å²) in [5.41, 5.74) is -1.32. The second kappa shape index (κ2) is 10.1. The van der Waals surface area contributed by atoms with Crippen LogP contribution in [-0.2, 0) is 16.8 Å². The van der Waals surface area contributed by atoms with Crippen LogP contribution in [0.1, 0.15) is 12.5 Å². The quantitative estimate of drug-likeness (QED) is 0.376. The molecule has 0 saturated carbocycles. The number of nitrogens with zero attached hydrogens (tertiary/aromatic N) is 3. The van der Waals surface area contributed by atoms with Crippen molar-refractivity contribution in [2.45, 2.75) is 23.9 Å². The molecular weight excluding hydrogens is 499 g/mol. The number of rotatable bonds is 8. The second-order valence-electron chi connectivity index (χ2n) is 7.74. The van der Waals surface area contributed by atoms with Crippen LogP contribution in [0.25, 0.3) is 0 Å². The first-order chi connectivity index (χ1) is 16.6. The number of pyridine rings is 1. The van der Waals surface area contributed by atoms with Gasteiger partial charge in [0.05, 0.1) is 12.4 Å². The number of benzene rings is 2. The molecule has 184 valence electrons. The Morgan fingerprint density at radius 2 is 1.74 bits per heavy atom. The molecule has 0 aliphatic carbocycles. The summed E-state index contributed by atoms with van der Waals surface area (Å²) in [7, 11) is -3.87. The fraction of sp³-hybridized carbons (Fsp3) is 0.174. The van der Waals surface area contributed by atoms with E-state index in [0.29, 0.717) is 18.9 Å². The maximum Gasteiger partial charge on any atom is 0.446 e. The zero-order valence-corrected chi connectivity index (χ0v) is 20.2. The molecule has 0 spiro atoms. The normalized spacial score (nSPS) is 14.1. The van der Waals surface area contributed by atoms with Gasteiger partial charge in [-0.05, 0) is 72.8 Å². The van der Waals surface area contributed by atoms with E-state index >= 15 is 0 Å². The minimum Gasteiger partial charge on any atom is -0.351 e. The standard InChI is InChI=1S/C23H22F3N5O2S2/c1-17-14-31(20-7-9-21(10-8-20)34-23(24,25)26)16-30(17)15-18-11-12-27-22(13-18)29-35(32,33)28-19-5-3-2-4-6-19/h2-14,28H,15-16H2,1H3,(H,27,29). The van der Waals surface area contributed by atoms with Gasteiger partial charge in [-0.1, -0.05) is 18.2 Å². The lowest BCUT2D eigenvalue weighted by atomic mass is 10.2. The number of anilines is 3. The molecule has 2 heterocycles. The summed E-state index contributed by atoms with van der Waals surface area (Å²) in [6.45, 7) is 2.92. The van der Waals surface area contributed by atoms with E-state index in [4.69, 9.17) is 0 Å². The van der Waals surface area contributed by atoms with Gasteiger partial charge >= 0.3 is 15.7 Å². The third-order valence-corrected chi connectivity index (χ3v) is 6.75. The van der Waals surface area contributed by atoms with E-state index in [1.807, 2.05) is 18.0 Å². The molecule has 1 aliphatic heterocycles. The van der Waals surface area contributed by atoms with E-state index in [1.54, 1.807) is 54.6 Å². The number of allylic oxidation sites excluding steroid dienone is 1. The summed E-state index contributed by atoms with van der Waals surface area (Å²) in [6, 6.07) is 18.2. The van der Waals surface area contributed by atoms with Crippen LogP contribution in [0.15, 0.2) is 89.7 Å². The first kappa shape index (κ1) is 24.7. The lowest BCUT2D eigenvalue weighted by Crippen LogP contribution is -2.26. The van der Waals surface area contributed by atoms with E-state index in [0.717, 1.165) is 16.9 Å². The minimum atomic E-state index is -4.32. The molecule has 12 heteroatoms. The average Bonchev–Trinajstić information content (AvgIpc) is 3.13. The van der Waals surface area contributed by atoms with Gasteiger partial charge in [-0.25, -0.2) is 4.98 Å². The zero-order chi connectivity index (χ0) is 25.1. The smallest absolute Gasteiger partial charge is 0.351 e. The molecule has 1 aromatic heterocycles. The Morgan fingerprint density at radius 1 is 1.03 bits per heavy atom. The summed E-state index contributed by atoms with van der Waals surface area (Å²) in [6.07, 6.45) is 3.44. The zero-order valence-electron chi connectivity index (χ0n) is 18.5. The molecule has 0 bridgehead atoms. The number of nitrogens with one attached hydrogen (secondary N) is 2. The number of alkyl halides is 3. The summed E-state index contributed by atoms with van der Waals surface area (Å²) in [5.74, 6) is 0.182. The van der Waals surface area contributed by atoms with Gasteiger partial charge in [-0.15, -0.1) is 0 Å². The Hall–Kier alpha value is -3.38. The molecule has 35 heavy (non-hydrogen) atoms. The predicted octanol–water partition coefficient (Wildman–Crippen LogP) is 5.60. The SMILES string of the molecule is CC1=CN(c2ccc(SC(F)(F)F)cc2)CN1Cc1ccnc(NS(=O)(=O)Nc2ccccc2)c1. The van der Waals surface area contributed by atoms with Crippen molar-refractivity contribution in [1.82, 2.24) is 9.88 Å². The van der Waals surface area contributed by atoms with E-state index in [9.17, 15) is 21.6 Å². The van der Waals surface area contributed by atoms with Gasteiger partial charge < -0.3 is 9.80 Å². The highest BCUT2D eigenvalue weighted by molar-refractivity contribution is 8.00. The van der Waals surface area contributed by atoms with Gasteiger partial charge in [0.1, 0.15) is 5.82 Å². The molecule has 0 unspecified atom stereocenters. The Bertz CT molecular complexity index is 1300. The van der Waals surface area contributed by atoms with Crippen molar-refractivity contribution in [3.8, 4) is 0 Å². The van der Waals surface area contributed by atoms with E-state index in [1.165, 1.54) is 18.3 Å². The molecule has 7 nitrogen and oxygen atoms in total. The predicted molar refractivity (Wildman–Crippen MR) is 132 cm³/mol. The molecule has 0 saturated heterocycles. The van der Waals surface area contributed by atoms with Crippen LogP contribution in [0, 0.1) is 0 Å². The van der Waals surface area contributed by atoms with Crippen molar-refractivity contribution in [1.29, 1.82) is 0 Å². The topological polar surface area (TPSA) is 77.6 Å². The van der Waals surface area contributed by atoms with Gasteiger partial charge in [0.15, 0.2) is 0 Å². The largest absolute Gasteiger partial charge is 0.446 e. The summed E-state index contributed by atoms with van der Waals surface area (Å²) in [4.78, 5) is 8.23. The molecule has 0 amide bonds. The fourth-order valence-corrected chi connectivity index (χ4v) is 4.91. The molecule has 4 rings (SSSR count). The van der Waals surface area contributed by atoms with Crippen LogP contribution in [-0.4, -0.2) is 30.5 Å². The van der Waals surface area contributed by atoms with Crippen molar-refractivity contribution in [2.75, 3.05) is 21.0 Å². The molecule has 1 aliphatic rings. The maximum atomic E-state index is 12.6. The van der Waals surface area contributed by atoms with Gasteiger partial charge in [0.2, 0.25) is 0 Å². The lowest BCUT2D eigenvalue weighted by Gasteiger charge is -2.23. The van der Waals surface area contributed by atoms with E-state index < -0.39 is 15.7 Å². The minimum absolute atomic E-state index is 0.131. The van der Waals surface area contributed by atoms with Gasteiger partial charge in [-0.3, -0.25) is 9.44 Å². The van der Waals surface area contributed by atoms with Gasteiger partial charge in [-0.2, -0.15) is 21.6 Å². The summed E-state index contributed by atoms with van der Waals surface area (Å²) in [5, 5.41) is 0. The number of aromatic nitrogens is 1. The fourth-order valence-electron chi connectivity index (χ4n) is 3.49. The van der Waals surface area contributed by atoms with Crippen molar-refractivity contribution >= 4 is 39.2 Å². The van der Waals surface area contributed by atoms with E-state index in [-0.39, 0.29) is 22.5 Å². The van der Waals surface area contributed by atoms with Crippen molar-refractivity contribution in [3.63, 3.8) is 0 Å². The maximum absolute atomic E-state index is 12.6. The second-order valence-corrected chi connectivity index (χ2v) is 10.3. The van der Waals surface area contributed by atoms with Crippen molar-refractivity contribution in [2.24, 2.45) is 0 Å². The van der Waals surface area contributed by atoms with Crippen molar-refractivity contribution < 1.29 is 21.6 Å². The molecule has 2 aromatic carbocycles. The summed E-state index contributed by atoms with van der Waals surface area (Å²) < 4.78 is 67.4. The molecule has 3 aromatic rings. The summed E-state index contributed by atoms with van der Waals surface area (Å²) >= 11 is -0.143. The van der Waals surface area contributed by atoms with Crippen LogP contribution < -0.4 is 14.3 Å².